The fourth-order valence-corrected chi connectivity index (χ4v) is 1.27. The average molecular weight is 184 g/mol. The van der Waals surface area contributed by atoms with E-state index in [9.17, 15) is 0 Å². The van der Waals surface area contributed by atoms with Gasteiger partial charge in [-0.15, -0.1) is 0 Å². The number of nitrogens with one attached hydrogen (secondary N) is 2. The van der Waals surface area contributed by atoms with Gasteiger partial charge in [0.2, 0.25) is 0 Å². The zero-order valence-electron chi connectivity index (χ0n) is 7.77. The fourth-order valence-electron chi connectivity index (χ4n) is 1.27. The monoisotopic (exact) mass is 184 g/mol. The van der Waals surface area contributed by atoms with Gasteiger partial charge in [-0.25, -0.2) is 0 Å². The molecule has 2 aliphatic heterocycles. The van der Waals surface area contributed by atoms with Crippen LogP contribution in [0.3, 0.4) is 0 Å². The largest absolute Gasteiger partial charge is 0.368 e. The summed E-state index contributed by atoms with van der Waals surface area (Å²) in [5.41, 5.74) is 2.25. The molecule has 0 aromatic rings. The van der Waals surface area contributed by atoms with Gasteiger partial charge >= 0.3 is 0 Å². The summed E-state index contributed by atoms with van der Waals surface area (Å²) in [4.78, 5) is 0. The molecule has 2 rings (SSSR count). The van der Waals surface area contributed by atoms with Crippen LogP contribution in [0.15, 0.2) is 72.4 Å². The van der Waals surface area contributed by atoms with E-state index in [2.05, 4.69) is 22.8 Å². The second kappa shape index (κ2) is 4.33. The molecule has 0 aromatic carbocycles. The third-order valence-electron chi connectivity index (χ3n) is 1.96. The maximum atomic E-state index is 3.22. The third kappa shape index (κ3) is 2.04. The Balaban J connectivity index is 2.25. The van der Waals surface area contributed by atoms with Crippen LogP contribution in [-0.4, -0.2) is 0 Å². The van der Waals surface area contributed by atoms with Gasteiger partial charge < -0.3 is 10.6 Å². The molecule has 2 nitrogen and oxygen atoms in total. The molecule has 0 amide bonds. The fraction of sp³-hybridized carbons (Fsp3) is 0. The molecule has 14 heavy (non-hydrogen) atoms. The second-order valence-corrected chi connectivity index (χ2v) is 2.95. The molecule has 2 heterocycles. The van der Waals surface area contributed by atoms with Gasteiger partial charge in [-0.3, -0.25) is 0 Å². The second-order valence-electron chi connectivity index (χ2n) is 2.95. The molecule has 0 fully saturated rings. The van der Waals surface area contributed by atoms with Crippen molar-refractivity contribution in [2.75, 3.05) is 0 Å². The summed E-state index contributed by atoms with van der Waals surface area (Å²) < 4.78 is 0. The van der Waals surface area contributed by atoms with Crippen molar-refractivity contribution in [3.8, 4) is 0 Å². The van der Waals surface area contributed by atoms with Crippen molar-refractivity contribution in [1.29, 1.82) is 0 Å². The molecule has 70 valence electrons. The van der Waals surface area contributed by atoms with E-state index in [0.717, 1.165) is 11.3 Å². The van der Waals surface area contributed by atoms with Crippen LogP contribution in [0.2, 0.25) is 0 Å². The molecule has 0 saturated carbocycles. The minimum atomic E-state index is 1.10. The molecule has 0 aliphatic carbocycles. The molecule has 0 saturated heterocycles. The Kier molecular flexibility index (Phi) is 2.67. The molecule has 0 radical (unpaired) electrons. The van der Waals surface area contributed by atoms with E-state index in [1.807, 2.05) is 49.0 Å². The van der Waals surface area contributed by atoms with Crippen LogP contribution in [-0.2, 0) is 0 Å². The molecule has 2 heteroatoms. The van der Waals surface area contributed by atoms with Gasteiger partial charge in [-0.05, 0) is 29.9 Å². The van der Waals surface area contributed by atoms with Crippen molar-refractivity contribution >= 4 is 0 Å². The molecule has 0 bridgehead atoms. The molecule has 0 aromatic heterocycles. The maximum absolute atomic E-state index is 3.22. The smallest absolute Gasteiger partial charge is 0.0453 e. The first-order chi connectivity index (χ1) is 6.97. The Morgan fingerprint density at radius 3 is 2.79 bits per heavy atom. The van der Waals surface area contributed by atoms with Crippen LogP contribution in [0, 0.1) is 0 Å². The zero-order chi connectivity index (χ0) is 9.64. The van der Waals surface area contributed by atoms with Crippen LogP contribution in [0.4, 0.5) is 0 Å². The van der Waals surface area contributed by atoms with E-state index in [4.69, 9.17) is 0 Å². The van der Waals surface area contributed by atoms with Crippen molar-refractivity contribution in [2.24, 2.45) is 0 Å². The Morgan fingerprint density at radius 2 is 1.79 bits per heavy atom. The van der Waals surface area contributed by atoms with Gasteiger partial charge in [0.05, 0.1) is 0 Å². The highest BCUT2D eigenvalue weighted by molar-refractivity contribution is 5.45. The molecule has 2 N–H and O–H groups in total. The molecule has 0 atom stereocenters. The lowest BCUT2D eigenvalue weighted by Gasteiger charge is -2.05. The lowest BCUT2D eigenvalue weighted by molar-refractivity contribution is 1.09. The first-order valence-electron chi connectivity index (χ1n) is 4.57. The van der Waals surface area contributed by atoms with Crippen molar-refractivity contribution in [1.82, 2.24) is 10.6 Å². The summed E-state index contributed by atoms with van der Waals surface area (Å²) in [6.45, 7) is 0. The first kappa shape index (κ1) is 8.63. The van der Waals surface area contributed by atoms with Gasteiger partial charge in [0.15, 0.2) is 0 Å². The van der Waals surface area contributed by atoms with Crippen LogP contribution >= 0.6 is 0 Å². The van der Waals surface area contributed by atoms with E-state index in [0.29, 0.717) is 0 Å². The third-order valence-corrected chi connectivity index (χ3v) is 1.96. The van der Waals surface area contributed by atoms with Gasteiger partial charge in [0.25, 0.3) is 0 Å². The summed E-state index contributed by atoms with van der Waals surface area (Å²) >= 11 is 0. The van der Waals surface area contributed by atoms with Crippen molar-refractivity contribution in [3.05, 3.63) is 72.4 Å². The van der Waals surface area contributed by atoms with Crippen LogP contribution in [0.1, 0.15) is 0 Å². The normalized spacial score (nSPS) is 18.9. The Hall–Kier alpha value is -1.96. The Morgan fingerprint density at radius 1 is 0.786 bits per heavy atom. The summed E-state index contributed by atoms with van der Waals surface area (Å²) in [6.07, 6.45) is 19.8. The van der Waals surface area contributed by atoms with Crippen LogP contribution in [0.25, 0.3) is 0 Å². The number of hydrogen-bond donors (Lipinski definition) is 2. The Labute approximate surface area is 83.7 Å². The molecule has 0 spiro atoms. The number of allylic oxidation sites excluding steroid dienone is 7. The highest BCUT2D eigenvalue weighted by Crippen LogP contribution is 2.11. The van der Waals surface area contributed by atoms with E-state index < -0.39 is 0 Å². The molecular formula is C12H12N2. The summed E-state index contributed by atoms with van der Waals surface area (Å²) in [5, 5.41) is 6.24. The molecule has 2 aliphatic rings. The van der Waals surface area contributed by atoms with Crippen molar-refractivity contribution < 1.29 is 0 Å². The highest BCUT2D eigenvalue weighted by Gasteiger charge is 2.00. The van der Waals surface area contributed by atoms with Gasteiger partial charge in [-0.2, -0.15) is 0 Å². The van der Waals surface area contributed by atoms with E-state index in [1.54, 1.807) is 0 Å². The van der Waals surface area contributed by atoms with Gasteiger partial charge in [-0.1, -0.05) is 18.2 Å². The number of hydrogen-bond acceptors (Lipinski definition) is 2. The predicted octanol–water partition coefficient (Wildman–Crippen LogP) is 2.10. The van der Waals surface area contributed by atoms with Crippen molar-refractivity contribution in [2.45, 2.75) is 0 Å². The zero-order valence-corrected chi connectivity index (χ0v) is 7.77. The topological polar surface area (TPSA) is 24.1 Å². The summed E-state index contributed by atoms with van der Waals surface area (Å²) in [7, 11) is 0. The van der Waals surface area contributed by atoms with Gasteiger partial charge in [0.1, 0.15) is 0 Å². The lowest BCUT2D eigenvalue weighted by atomic mass is 10.1. The quantitative estimate of drug-likeness (QED) is 0.652. The first-order valence-corrected chi connectivity index (χ1v) is 4.57. The number of rotatable bonds is 1. The highest BCUT2D eigenvalue weighted by atomic mass is 14.9. The average Bonchev–Trinajstić information content (AvgIpc) is 2.62. The van der Waals surface area contributed by atoms with E-state index >= 15 is 0 Å². The summed E-state index contributed by atoms with van der Waals surface area (Å²) in [5.74, 6) is 0. The van der Waals surface area contributed by atoms with Crippen LogP contribution < -0.4 is 10.6 Å². The minimum Gasteiger partial charge on any atom is -0.368 e. The van der Waals surface area contributed by atoms with Crippen molar-refractivity contribution in [3.63, 3.8) is 0 Å². The minimum absolute atomic E-state index is 1.10. The molecular weight excluding hydrogens is 172 g/mol. The lowest BCUT2D eigenvalue weighted by Crippen LogP contribution is -2.05. The SMILES string of the molecule is C1=CC=C(C2=CC=CNC=C2)NC=C1. The van der Waals surface area contributed by atoms with Gasteiger partial charge in [0, 0.05) is 24.3 Å². The standard InChI is InChI=1S/C12H12N2/c1-2-6-12(14-9-3-1)11-5-4-8-13-10-7-11/h1-10,13-14H. The van der Waals surface area contributed by atoms with E-state index in [1.165, 1.54) is 0 Å². The van der Waals surface area contributed by atoms with Crippen LogP contribution in [0.5, 0.6) is 0 Å². The van der Waals surface area contributed by atoms with E-state index in [-0.39, 0.29) is 0 Å². The molecule has 0 unspecified atom stereocenters. The Bertz CT molecular complexity index is 379. The predicted molar refractivity (Wildman–Crippen MR) is 59.0 cm³/mol. The summed E-state index contributed by atoms with van der Waals surface area (Å²) in [6, 6.07) is 0. The maximum Gasteiger partial charge on any atom is 0.0453 e.